The summed E-state index contributed by atoms with van der Waals surface area (Å²) in [6, 6.07) is 0. The molecular weight excluding hydrogens is 488 g/mol. The van der Waals surface area contributed by atoms with Crippen LogP contribution in [0.3, 0.4) is 0 Å². The molecule has 3 aliphatic carbocycles. The number of aliphatic hydroxyl groups excluding tert-OH is 2. The molecule has 9 nitrogen and oxygen atoms in total. The molecule has 0 aliphatic heterocycles. The Morgan fingerprint density at radius 2 is 1.97 bits per heavy atom. The van der Waals surface area contributed by atoms with Crippen molar-refractivity contribution in [2.24, 2.45) is 29.1 Å². The van der Waals surface area contributed by atoms with Crippen molar-refractivity contribution in [2.45, 2.75) is 85.2 Å². The number of hydrogen-bond acceptors (Lipinski definition) is 8. The average Bonchev–Trinajstić information content (AvgIpc) is 3.26. The fourth-order valence-electron chi connectivity index (χ4n) is 6.69. The highest BCUT2D eigenvalue weighted by Gasteiger charge is 2.63. The molecule has 3 aliphatic rings. The van der Waals surface area contributed by atoms with E-state index in [0.29, 0.717) is 35.3 Å². The minimum atomic E-state index is -2.14. The number of fused-ring (bicyclic) bond motifs is 5. The zero-order valence-electron chi connectivity index (χ0n) is 23.5. The third-order valence-corrected chi connectivity index (χ3v) is 9.23. The minimum Gasteiger partial charge on any atom is -0.438 e. The van der Waals surface area contributed by atoms with E-state index in [-0.39, 0.29) is 29.2 Å². The van der Waals surface area contributed by atoms with Crippen LogP contribution in [-0.4, -0.2) is 68.7 Å². The lowest BCUT2D eigenvalue weighted by atomic mass is 9.79. The molecule has 0 spiro atoms. The Morgan fingerprint density at radius 1 is 1.29 bits per heavy atom. The topological polar surface area (TPSA) is 133 Å². The summed E-state index contributed by atoms with van der Waals surface area (Å²) in [6.07, 6.45) is 1.21. The largest absolute Gasteiger partial charge is 0.438 e. The summed E-state index contributed by atoms with van der Waals surface area (Å²) >= 11 is 0. The second-order valence-corrected chi connectivity index (χ2v) is 12.4. The smallest absolute Gasteiger partial charge is 0.410 e. The molecule has 3 N–H and O–H groups in total. The summed E-state index contributed by atoms with van der Waals surface area (Å²) in [5, 5.41) is 37.6. The fourth-order valence-corrected chi connectivity index (χ4v) is 6.69. The molecule has 210 valence electrons. The second kappa shape index (κ2) is 10.2. The Kier molecular flexibility index (Phi) is 7.69. The Bertz CT molecular complexity index is 1130. The predicted molar refractivity (Wildman–Crippen MR) is 140 cm³/mol. The van der Waals surface area contributed by atoms with Crippen LogP contribution in [0.4, 0.5) is 4.79 Å². The number of aryl methyl sites for hydroxylation is 2. The van der Waals surface area contributed by atoms with Gasteiger partial charge >= 0.3 is 6.09 Å². The van der Waals surface area contributed by atoms with Crippen LogP contribution in [0.5, 0.6) is 0 Å². The van der Waals surface area contributed by atoms with Crippen LogP contribution in [0.2, 0.25) is 0 Å². The number of Topliss-reactive ketones (excluding diaryl/α,β-unsaturated/α-hetero) is 1. The first-order chi connectivity index (χ1) is 17.7. The molecule has 1 amide bonds. The van der Waals surface area contributed by atoms with Gasteiger partial charge in [-0.1, -0.05) is 38.1 Å². The summed E-state index contributed by atoms with van der Waals surface area (Å²) in [5.74, 6) is 0.530. The van der Waals surface area contributed by atoms with E-state index < -0.39 is 42.8 Å². The van der Waals surface area contributed by atoms with Crippen LogP contribution in [-0.2, 0) is 16.1 Å². The molecule has 7 atom stereocenters. The zero-order chi connectivity index (χ0) is 28.2. The summed E-state index contributed by atoms with van der Waals surface area (Å²) in [5.41, 5.74) is -0.0756. The van der Waals surface area contributed by atoms with Gasteiger partial charge in [-0.2, -0.15) is 0 Å². The van der Waals surface area contributed by atoms with Crippen molar-refractivity contribution in [1.82, 2.24) is 10.1 Å². The summed E-state index contributed by atoms with van der Waals surface area (Å²) in [6.45, 7) is 11.4. The van der Waals surface area contributed by atoms with Gasteiger partial charge in [-0.25, -0.2) is 4.79 Å². The second-order valence-electron chi connectivity index (χ2n) is 12.4. The number of amides is 1. The van der Waals surface area contributed by atoms with Crippen molar-refractivity contribution < 1.29 is 34.2 Å². The molecule has 0 radical (unpaired) electrons. The third-order valence-electron chi connectivity index (χ3n) is 9.23. The lowest BCUT2D eigenvalue weighted by Crippen LogP contribution is -2.56. The van der Waals surface area contributed by atoms with Gasteiger partial charge in [0.05, 0.1) is 18.8 Å². The quantitative estimate of drug-likeness (QED) is 0.504. The van der Waals surface area contributed by atoms with Gasteiger partial charge in [0, 0.05) is 24.9 Å². The molecule has 9 heteroatoms. The number of aliphatic hydroxyl groups is 3. The maximum Gasteiger partial charge on any atom is 0.410 e. The van der Waals surface area contributed by atoms with Crippen LogP contribution >= 0.6 is 0 Å². The molecule has 1 saturated carbocycles. The number of aromatic nitrogens is 1. The van der Waals surface area contributed by atoms with Crippen molar-refractivity contribution in [3.05, 3.63) is 40.3 Å². The Hall–Kier alpha value is -2.49. The van der Waals surface area contributed by atoms with E-state index in [9.17, 15) is 24.9 Å². The highest BCUT2D eigenvalue weighted by Crippen LogP contribution is 2.65. The molecule has 38 heavy (non-hydrogen) atoms. The molecule has 1 heterocycles. The van der Waals surface area contributed by atoms with Crippen LogP contribution in [0.1, 0.15) is 64.0 Å². The standard InChI is InChI=1S/C29H42N2O7/c1-15-8-9-16(2)26(37-27(35)31(7)13-21-17(3)30-38-18(21)4)29(36)12-23(33)20(11-19(14-32)25(29)34)24-22(10-15)28(24,5)6/h9,11,15,20,22,24-26,32,34,36H,8,10,12-14H2,1-7H3/b16-9-/t15-,20+,22+,24-,25+,26-,29-/m0/s1. The Morgan fingerprint density at radius 3 is 2.58 bits per heavy atom. The number of ether oxygens (including phenoxy) is 1. The van der Waals surface area contributed by atoms with Gasteiger partial charge in [0.25, 0.3) is 0 Å². The molecule has 2 bridgehead atoms. The molecule has 0 saturated heterocycles. The van der Waals surface area contributed by atoms with Crippen LogP contribution < -0.4 is 0 Å². The van der Waals surface area contributed by atoms with Crippen molar-refractivity contribution >= 4 is 11.9 Å². The summed E-state index contributed by atoms with van der Waals surface area (Å²) in [4.78, 5) is 28.4. The minimum absolute atomic E-state index is 0.0558. The van der Waals surface area contributed by atoms with E-state index in [0.717, 1.165) is 12.0 Å². The van der Waals surface area contributed by atoms with E-state index in [2.05, 4.69) is 25.9 Å². The maximum atomic E-state index is 13.7. The van der Waals surface area contributed by atoms with Crippen LogP contribution in [0.15, 0.2) is 27.8 Å². The number of hydrogen-bond donors (Lipinski definition) is 3. The van der Waals surface area contributed by atoms with E-state index in [4.69, 9.17) is 9.26 Å². The summed E-state index contributed by atoms with van der Waals surface area (Å²) < 4.78 is 11.1. The fraction of sp³-hybridized carbons (Fsp3) is 0.690. The van der Waals surface area contributed by atoms with Gasteiger partial charge < -0.3 is 29.5 Å². The molecule has 0 aromatic carbocycles. The first-order valence-electron chi connectivity index (χ1n) is 13.5. The van der Waals surface area contributed by atoms with Gasteiger partial charge in [0.15, 0.2) is 6.10 Å². The van der Waals surface area contributed by atoms with Gasteiger partial charge in [-0.15, -0.1) is 0 Å². The van der Waals surface area contributed by atoms with Gasteiger partial charge in [-0.3, -0.25) is 4.79 Å². The molecular formula is C29H42N2O7. The van der Waals surface area contributed by atoms with E-state index in [1.807, 2.05) is 6.08 Å². The number of rotatable bonds is 4. The highest BCUT2D eigenvalue weighted by atomic mass is 16.6. The Balaban J connectivity index is 1.72. The molecule has 1 fully saturated rings. The van der Waals surface area contributed by atoms with Gasteiger partial charge in [-0.05, 0) is 67.9 Å². The van der Waals surface area contributed by atoms with Crippen molar-refractivity contribution in [3.63, 3.8) is 0 Å². The first kappa shape index (κ1) is 28.5. The first-order valence-corrected chi connectivity index (χ1v) is 13.5. The average molecular weight is 531 g/mol. The van der Waals surface area contributed by atoms with Gasteiger partial charge in [0.2, 0.25) is 0 Å². The number of allylic oxidation sites excluding steroid dienone is 2. The maximum absolute atomic E-state index is 13.7. The van der Waals surface area contributed by atoms with Crippen molar-refractivity contribution in [3.8, 4) is 0 Å². The van der Waals surface area contributed by atoms with Crippen molar-refractivity contribution in [1.29, 1.82) is 0 Å². The van der Waals surface area contributed by atoms with Crippen LogP contribution in [0, 0.1) is 42.9 Å². The van der Waals surface area contributed by atoms with Crippen LogP contribution in [0.25, 0.3) is 0 Å². The lowest BCUT2D eigenvalue weighted by Gasteiger charge is -2.40. The number of nitrogens with zero attached hydrogens (tertiary/aromatic N) is 2. The van der Waals surface area contributed by atoms with Crippen molar-refractivity contribution in [2.75, 3.05) is 13.7 Å². The SMILES string of the molecule is C/C1=C/C[C@H](C)C[C@@H]2[C@H]([C@@H]3C=C(CO)[C@@H](O)[C@@](O)(CC3=O)[C@H]1OC(=O)N(C)Cc1c(C)noc1C)C2(C)C. The van der Waals surface area contributed by atoms with E-state index >= 15 is 0 Å². The third kappa shape index (κ3) is 4.96. The number of carbonyl (C=O) groups is 2. The molecule has 1 aromatic heterocycles. The summed E-state index contributed by atoms with van der Waals surface area (Å²) in [7, 11) is 1.56. The lowest BCUT2D eigenvalue weighted by molar-refractivity contribution is -0.148. The predicted octanol–water partition coefficient (Wildman–Crippen LogP) is 3.48. The van der Waals surface area contributed by atoms with E-state index in [1.54, 1.807) is 33.9 Å². The highest BCUT2D eigenvalue weighted by molar-refractivity contribution is 5.86. The number of carbonyl (C=O) groups excluding carboxylic acids is 2. The van der Waals surface area contributed by atoms with Gasteiger partial charge in [0.1, 0.15) is 23.2 Å². The zero-order valence-corrected chi connectivity index (χ0v) is 23.5. The molecule has 0 unspecified atom stereocenters. The monoisotopic (exact) mass is 530 g/mol. The molecule has 4 rings (SSSR count). The normalized spacial score (nSPS) is 36.1. The number of ketones is 1. The van der Waals surface area contributed by atoms with E-state index in [1.165, 1.54) is 4.90 Å². The Labute approximate surface area is 224 Å². The molecule has 1 aromatic rings.